The van der Waals surface area contributed by atoms with Crippen LogP contribution < -0.4 is 4.74 Å². The van der Waals surface area contributed by atoms with Gasteiger partial charge in [-0.25, -0.2) is 4.98 Å². The number of aromatic nitrogens is 1. The van der Waals surface area contributed by atoms with E-state index in [1.54, 1.807) is 42.5 Å². The lowest BCUT2D eigenvalue weighted by molar-refractivity contribution is 0.461. The van der Waals surface area contributed by atoms with Crippen LogP contribution in [-0.2, 0) is 0 Å². The van der Waals surface area contributed by atoms with Gasteiger partial charge in [0.2, 0.25) is 5.88 Å². The summed E-state index contributed by atoms with van der Waals surface area (Å²) in [6.07, 6.45) is 0. The van der Waals surface area contributed by atoms with Gasteiger partial charge in [0, 0.05) is 6.07 Å². The van der Waals surface area contributed by atoms with E-state index in [2.05, 4.69) is 4.98 Å². The zero-order chi connectivity index (χ0) is 11.4. The fraction of sp³-hybridized carbons (Fsp3) is 0. The summed E-state index contributed by atoms with van der Waals surface area (Å²) >= 11 is 5.73. The van der Waals surface area contributed by atoms with Crippen LogP contribution >= 0.6 is 11.6 Å². The van der Waals surface area contributed by atoms with Crippen molar-refractivity contribution < 1.29 is 4.74 Å². The summed E-state index contributed by atoms with van der Waals surface area (Å²) in [4.78, 5) is 3.98. The lowest BCUT2D eigenvalue weighted by Crippen LogP contribution is -1.90. The minimum Gasteiger partial charge on any atom is -0.438 e. The van der Waals surface area contributed by atoms with Gasteiger partial charge in [0.25, 0.3) is 0 Å². The highest BCUT2D eigenvalue weighted by Crippen LogP contribution is 2.23. The van der Waals surface area contributed by atoms with Crippen molar-refractivity contribution in [1.29, 1.82) is 5.26 Å². The van der Waals surface area contributed by atoms with Gasteiger partial charge >= 0.3 is 0 Å². The molecule has 0 unspecified atom stereocenters. The molecule has 1 aromatic carbocycles. The predicted octanol–water partition coefficient (Wildman–Crippen LogP) is 3.40. The highest BCUT2D eigenvalue weighted by molar-refractivity contribution is 6.29. The van der Waals surface area contributed by atoms with E-state index in [-0.39, 0.29) is 0 Å². The maximum atomic E-state index is 8.87. The van der Waals surface area contributed by atoms with Crippen molar-refractivity contribution in [1.82, 2.24) is 4.98 Å². The average molecular weight is 231 g/mol. The number of hydrogen-bond acceptors (Lipinski definition) is 3. The molecule has 0 saturated heterocycles. The van der Waals surface area contributed by atoms with Crippen LogP contribution in [0.1, 0.15) is 5.56 Å². The van der Waals surface area contributed by atoms with Crippen LogP contribution in [0, 0.1) is 11.3 Å². The third-order valence-corrected chi connectivity index (χ3v) is 2.12. The Morgan fingerprint density at radius 1 is 1.12 bits per heavy atom. The standard InChI is InChI=1S/C12H7ClN2O/c13-11-6-3-7-12(15-11)16-10-5-2-1-4-9(10)8-14/h1-7H. The molecule has 0 fully saturated rings. The number of ether oxygens (including phenoxy) is 1. The van der Waals surface area contributed by atoms with Crippen LogP contribution in [0.5, 0.6) is 11.6 Å². The smallest absolute Gasteiger partial charge is 0.220 e. The van der Waals surface area contributed by atoms with Gasteiger partial charge in [-0.1, -0.05) is 29.8 Å². The van der Waals surface area contributed by atoms with Crippen LogP contribution in [-0.4, -0.2) is 4.98 Å². The minimum atomic E-state index is 0.354. The predicted molar refractivity (Wildman–Crippen MR) is 60.5 cm³/mol. The van der Waals surface area contributed by atoms with Crippen molar-refractivity contribution in [3.05, 3.63) is 53.2 Å². The van der Waals surface area contributed by atoms with Gasteiger partial charge < -0.3 is 4.74 Å². The first-order valence-electron chi connectivity index (χ1n) is 4.59. The third-order valence-electron chi connectivity index (χ3n) is 1.91. The first-order valence-corrected chi connectivity index (χ1v) is 4.97. The molecule has 0 atom stereocenters. The van der Waals surface area contributed by atoms with Crippen molar-refractivity contribution in [2.75, 3.05) is 0 Å². The summed E-state index contributed by atoms with van der Waals surface area (Å²) in [7, 11) is 0. The number of benzene rings is 1. The number of hydrogen-bond donors (Lipinski definition) is 0. The summed E-state index contributed by atoms with van der Waals surface area (Å²) in [6.45, 7) is 0. The Morgan fingerprint density at radius 2 is 1.94 bits per heavy atom. The van der Waals surface area contributed by atoms with Gasteiger partial charge in [0.1, 0.15) is 17.0 Å². The van der Waals surface area contributed by atoms with Crippen LogP contribution in [0.3, 0.4) is 0 Å². The molecule has 78 valence electrons. The molecular weight excluding hydrogens is 224 g/mol. The number of nitrogens with zero attached hydrogens (tertiary/aromatic N) is 2. The van der Waals surface area contributed by atoms with Gasteiger partial charge in [-0.2, -0.15) is 5.26 Å². The molecule has 0 amide bonds. The molecule has 0 spiro atoms. The molecule has 0 bridgehead atoms. The molecular formula is C12H7ClN2O. The Morgan fingerprint density at radius 3 is 2.69 bits per heavy atom. The largest absolute Gasteiger partial charge is 0.438 e. The number of rotatable bonds is 2. The molecule has 16 heavy (non-hydrogen) atoms. The van der Waals surface area contributed by atoms with Crippen LogP contribution in [0.2, 0.25) is 5.15 Å². The molecule has 0 aliphatic carbocycles. The quantitative estimate of drug-likeness (QED) is 0.743. The first-order chi connectivity index (χ1) is 7.79. The molecule has 0 aliphatic rings. The Bertz CT molecular complexity index is 549. The molecule has 2 rings (SSSR count). The second kappa shape index (κ2) is 4.65. The normalized spacial score (nSPS) is 9.50. The Kier molecular flexibility index (Phi) is 3.04. The molecule has 4 heteroatoms. The van der Waals surface area contributed by atoms with Crippen molar-refractivity contribution in [3.63, 3.8) is 0 Å². The van der Waals surface area contributed by atoms with Crippen molar-refractivity contribution >= 4 is 11.6 Å². The Balaban J connectivity index is 2.31. The molecule has 0 aliphatic heterocycles. The van der Waals surface area contributed by atoms with E-state index in [1.807, 2.05) is 6.07 Å². The van der Waals surface area contributed by atoms with Gasteiger partial charge in [0.15, 0.2) is 0 Å². The van der Waals surface area contributed by atoms with Crippen molar-refractivity contribution in [2.45, 2.75) is 0 Å². The number of pyridine rings is 1. The molecule has 1 aromatic heterocycles. The van der Waals surface area contributed by atoms with E-state index >= 15 is 0 Å². The highest BCUT2D eigenvalue weighted by Gasteiger charge is 2.04. The molecule has 2 aromatic rings. The van der Waals surface area contributed by atoms with E-state index in [4.69, 9.17) is 21.6 Å². The summed E-state index contributed by atoms with van der Waals surface area (Å²) in [5.41, 5.74) is 0.462. The fourth-order valence-corrected chi connectivity index (χ4v) is 1.36. The van der Waals surface area contributed by atoms with Crippen molar-refractivity contribution in [3.8, 4) is 17.7 Å². The van der Waals surface area contributed by atoms with E-state index in [0.717, 1.165) is 0 Å². The second-order valence-electron chi connectivity index (χ2n) is 3.01. The Labute approximate surface area is 97.9 Å². The third kappa shape index (κ3) is 2.30. The van der Waals surface area contributed by atoms with Crippen molar-refractivity contribution in [2.24, 2.45) is 0 Å². The molecule has 1 heterocycles. The average Bonchev–Trinajstić information content (AvgIpc) is 2.30. The summed E-state index contributed by atoms with van der Waals surface area (Å²) in [5.74, 6) is 0.843. The first kappa shape index (κ1) is 10.5. The SMILES string of the molecule is N#Cc1ccccc1Oc1cccc(Cl)n1. The topological polar surface area (TPSA) is 45.9 Å². The van der Waals surface area contributed by atoms with Gasteiger partial charge in [-0.15, -0.1) is 0 Å². The van der Waals surface area contributed by atoms with E-state index in [1.165, 1.54) is 0 Å². The van der Waals surface area contributed by atoms with E-state index < -0.39 is 0 Å². The number of para-hydroxylation sites is 1. The molecule has 0 saturated carbocycles. The number of halogens is 1. The maximum Gasteiger partial charge on any atom is 0.220 e. The zero-order valence-corrected chi connectivity index (χ0v) is 8.98. The van der Waals surface area contributed by atoms with Gasteiger partial charge in [0.05, 0.1) is 5.56 Å². The number of nitriles is 1. The van der Waals surface area contributed by atoms with E-state index in [0.29, 0.717) is 22.3 Å². The molecule has 0 radical (unpaired) electrons. The summed E-state index contributed by atoms with van der Waals surface area (Å²) < 4.78 is 5.46. The summed E-state index contributed by atoms with van der Waals surface area (Å²) in [6, 6.07) is 14.1. The van der Waals surface area contributed by atoms with Crippen LogP contribution in [0.15, 0.2) is 42.5 Å². The zero-order valence-electron chi connectivity index (χ0n) is 8.22. The minimum absolute atomic E-state index is 0.354. The lowest BCUT2D eigenvalue weighted by atomic mass is 10.2. The van der Waals surface area contributed by atoms with Gasteiger partial charge in [-0.3, -0.25) is 0 Å². The molecule has 0 N–H and O–H groups in total. The highest BCUT2D eigenvalue weighted by atomic mass is 35.5. The van der Waals surface area contributed by atoms with E-state index in [9.17, 15) is 0 Å². The lowest BCUT2D eigenvalue weighted by Gasteiger charge is -2.05. The van der Waals surface area contributed by atoms with Gasteiger partial charge in [-0.05, 0) is 18.2 Å². The maximum absolute atomic E-state index is 8.87. The Hall–Kier alpha value is -2.05. The monoisotopic (exact) mass is 230 g/mol. The summed E-state index contributed by atoms with van der Waals surface area (Å²) in [5, 5.41) is 9.23. The van der Waals surface area contributed by atoms with Crippen LogP contribution in [0.4, 0.5) is 0 Å². The van der Waals surface area contributed by atoms with Crippen LogP contribution in [0.25, 0.3) is 0 Å². The fourth-order valence-electron chi connectivity index (χ4n) is 1.21. The second-order valence-corrected chi connectivity index (χ2v) is 3.40. The molecule has 3 nitrogen and oxygen atoms in total.